The Hall–Kier alpha value is -3.91. The lowest BCUT2D eigenvalue weighted by atomic mass is 9.85. The van der Waals surface area contributed by atoms with E-state index in [2.05, 4.69) is 21.0 Å². The molecule has 1 aromatic heterocycles. The number of fused-ring (bicyclic) bond motifs is 5. The number of hydrazone groups is 1. The SMILES string of the molecule is CC1=NN(c2ccccc2)C(=O)C12c1ccccc1-n1c(=O)c(-c3ccc(Br)cc3O)c(C)n12. The van der Waals surface area contributed by atoms with Crippen LogP contribution in [0.3, 0.4) is 0 Å². The quantitative estimate of drug-likeness (QED) is 0.425. The minimum Gasteiger partial charge on any atom is -0.507 e. The van der Waals surface area contributed by atoms with Crippen molar-refractivity contribution in [1.29, 1.82) is 0 Å². The van der Waals surface area contributed by atoms with Gasteiger partial charge < -0.3 is 5.11 Å². The summed E-state index contributed by atoms with van der Waals surface area (Å²) in [4.78, 5) is 28.0. The lowest BCUT2D eigenvalue weighted by Gasteiger charge is -2.27. The second-order valence-corrected chi connectivity index (χ2v) is 9.33. The largest absolute Gasteiger partial charge is 0.507 e. The van der Waals surface area contributed by atoms with Crippen molar-refractivity contribution in [2.24, 2.45) is 5.10 Å². The van der Waals surface area contributed by atoms with Crippen LogP contribution in [0.5, 0.6) is 5.75 Å². The first-order valence-electron chi connectivity index (χ1n) is 10.8. The maximum absolute atomic E-state index is 14.2. The van der Waals surface area contributed by atoms with Gasteiger partial charge >= 0.3 is 0 Å². The van der Waals surface area contributed by atoms with E-state index in [4.69, 9.17) is 0 Å². The van der Waals surface area contributed by atoms with Crippen LogP contribution in [-0.2, 0) is 10.3 Å². The van der Waals surface area contributed by atoms with E-state index in [0.29, 0.717) is 43.9 Å². The first kappa shape index (κ1) is 20.7. The molecule has 0 radical (unpaired) electrons. The lowest BCUT2D eigenvalue weighted by Crippen LogP contribution is -2.48. The Labute approximate surface area is 203 Å². The van der Waals surface area contributed by atoms with Gasteiger partial charge in [0.15, 0.2) is 0 Å². The molecule has 6 rings (SSSR count). The molecule has 2 aliphatic heterocycles. The average Bonchev–Trinajstić information content (AvgIpc) is 3.39. The zero-order valence-electron chi connectivity index (χ0n) is 18.4. The number of nitrogens with zero attached hydrogens (tertiary/aromatic N) is 4. The number of carbonyl (C=O) groups is 1. The molecule has 1 unspecified atom stereocenters. The summed E-state index contributed by atoms with van der Waals surface area (Å²) in [7, 11) is 0. The zero-order valence-corrected chi connectivity index (χ0v) is 19.9. The first-order valence-corrected chi connectivity index (χ1v) is 11.6. The van der Waals surface area contributed by atoms with E-state index in [-0.39, 0.29) is 17.2 Å². The molecule has 1 spiro atoms. The number of benzene rings is 3. The van der Waals surface area contributed by atoms with Gasteiger partial charge in [0.05, 0.1) is 22.6 Å². The normalized spacial score (nSPS) is 18.4. The minimum atomic E-state index is -1.31. The fraction of sp³-hybridized carbons (Fsp3) is 0.115. The molecule has 7 nitrogen and oxygen atoms in total. The molecule has 1 N–H and O–H groups in total. The maximum Gasteiger partial charge on any atom is 0.285 e. The number of para-hydroxylation sites is 2. The number of aromatic nitrogens is 2. The first-order chi connectivity index (χ1) is 16.4. The van der Waals surface area contributed by atoms with Crippen LogP contribution in [0.25, 0.3) is 16.8 Å². The van der Waals surface area contributed by atoms with Gasteiger partial charge in [0.1, 0.15) is 5.75 Å². The fourth-order valence-electron chi connectivity index (χ4n) is 5.20. The predicted molar refractivity (Wildman–Crippen MR) is 134 cm³/mol. The van der Waals surface area contributed by atoms with Gasteiger partial charge in [-0.05, 0) is 50.2 Å². The molecule has 8 heteroatoms. The highest BCUT2D eigenvalue weighted by Gasteiger charge is 2.59. The minimum absolute atomic E-state index is 0.0177. The average molecular weight is 515 g/mol. The highest BCUT2D eigenvalue weighted by atomic mass is 79.9. The molecule has 0 aliphatic carbocycles. The molecule has 2 aliphatic rings. The van der Waals surface area contributed by atoms with Crippen LogP contribution in [0.4, 0.5) is 5.69 Å². The highest BCUT2D eigenvalue weighted by Crippen LogP contribution is 2.46. The summed E-state index contributed by atoms with van der Waals surface area (Å²) in [6.07, 6.45) is 0. The standard InChI is InChI=1S/C26H19BrN4O3/c1-15-23(19-13-12-17(27)14-22(19)32)24(33)30-21-11-7-6-10-20(21)26(31(15)30)16(2)28-29(25(26)34)18-8-4-3-5-9-18/h3-14,32H,1-2H3. The Morgan fingerprint density at radius 3 is 2.38 bits per heavy atom. The molecule has 0 saturated carbocycles. The summed E-state index contributed by atoms with van der Waals surface area (Å²) >= 11 is 3.35. The molecule has 4 aromatic rings. The second-order valence-electron chi connectivity index (χ2n) is 8.42. The molecule has 0 fully saturated rings. The zero-order chi connectivity index (χ0) is 23.8. The number of amides is 1. The molecule has 1 atom stereocenters. The highest BCUT2D eigenvalue weighted by molar-refractivity contribution is 9.10. The van der Waals surface area contributed by atoms with Gasteiger partial charge in [0.25, 0.3) is 11.5 Å². The smallest absolute Gasteiger partial charge is 0.285 e. The predicted octanol–water partition coefficient (Wildman–Crippen LogP) is 4.56. The molecule has 168 valence electrons. The van der Waals surface area contributed by atoms with E-state index in [0.717, 1.165) is 0 Å². The molecular weight excluding hydrogens is 496 g/mol. The number of carbonyl (C=O) groups excluding carboxylic acids is 1. The van der Waals surface area contributed by atoms with E-state index in [1.54, 1.807) is 29.8 Å². The summed E-state index contributed by atoms with van der Waals surface area (Å²) < 4.78 is 3.97. The third-order valence-corrected chi connectivity index (χ3v) is 7.12. The molecule has 1 amide bonds. The monoisotopic (exact) mass is 514 g/mol. The van der Waals surface area contributed by atoms with Crippen molar-refractivity contribution in [3.8, 4) is 22.6 Å². The summed E-state index contributed by atoms with van der Waals surface area (Å²) in [6.45, 7) is 3.61. The van der Waals surface area contributed by atoms with E-state index in [9.17, 15) is 14.7 Å². The number of phenols is 1. The number of phenolic OH excluding ortho intramolecular Hbond substituents is 1. The maximum atomic E-state index is 14.2. The van der Waals surface area contributed by atoms with Gasteiger partial charge in [0, 0.05) is 21.3 Å². The Kier molecular flexibility index (Phi) is 4.28. The number of anilines is 1. The molecule has 34 heavy (non-hydrogen) atoms. The summed E-state index contributed by atoms with van der Waals surface area (Å²) in [5.74, 6) is -0.282. The van der Waals surface area contributed by atoms with Gasteiger partial charge in [-0.2, -0.15) is 10.1 Å². The van der Waals surface area contributed by atoms with Gasteiger partial charge in [0.2, 0.25) is 5.54 Å². The van der Waals surface area contributed by atoms with E-state index in [1.807, 2.05) is 61.5 Å². The van der Waals surface area contributed by atoms with Crippen molar-refractivity contribution < 1.29 is 9.90 Å². The lowest BCUT2D eigenvalue weighted by molar-refractivity contribution is -0.122. The van der Waals surface area contributed by atoms with Crippen LogP contribution in [0, 0.1) is 6.92 Å². The van der Waals surface area contributed by atoms with Crippen molar-refractivity contribution in [3.05, 3.63) is 98.9 Å². The van der Waals surface area contributed by atoms with Crippen molar-refractivity contribution >= 4 is 33.2 Å². The van der Waals surface area contributed by atoms with Crippen molar-refractivity contribution in [2.75, 3.05) is 5.01 Å². The van der Waals surface area contributed by atoms with Gasteiger partial charge in [-0.1, -0.05) is 52.3 Å². The topological polar surface area (TPSA) is 79.8 Å². The number of halogens is 1. The van der Waals surface area contributed by atoms with E-state index in [1.165, 1.54) is 9.69 Å². The molecule has 0 saturated heterocycles. The van der Waals surface area contributed by atoms with Gasteiger partial charge in [-0.15, -0.1) is 0 Å². The van der Waals surface area contributed by atoms with Crippen LogP contribution in [0.15, 0.2) is 87.2 Å². The van der Waals surface area contributed by atoms with Crippen LogP contribution in [0.2, 0.25) is 0 Å². The van der Waals surface area contributed by atoms with Crippen molar-refractivity contribution in [3.63, 3.8) is 0 Å². The molecular formula is C26H19BrN4O3. The second kappa shape index (κ2) is 7.04. The van der Waals surface area contributed by atoms with Crippen molar-refractivity contribution in [2.45, 2.75) is 19.4 Å². The Bertz CT molecular complexity index is 1600. The van der Waals surface area contributed by atoms with Gasteiger partial charge in [-0.25, -0.2) is 4.68 Å². The number of aromatic hydroxyl groups is 1. The molecule has 3 aromatic carbocycles. The van der Waals surface area contributed by atoms with E-state index < -0.39 is 5.54 Å². The van der Waals surface area contributed by atoms with Crippen LogP contribution < -0.4 is 10.6 Å². The van der Waals surface area contributed by atoms with Crippen molar-refractivity contribution in [1.82, 2.24) is 9.36 Å². The number of hydrogen-bond donors (Lipinski definition) is 1. The Morgan fingerprint density at radius 1 is 0.941 bits per heavy atom. The number of hydrogen-bond acceptors (Lipinski definition) is 4. The third-order valence-electron chi connectivity index (χ3n) is 6.63. The van der Waals surface area contributed by atoms with Crippen LogP contribution >= 0.6 is 15.9 Å². The van der Waals surface area contributed by atoms with Crippen LogP contribution in [0.1, 0.15) is 18.2 Å². The molecule has 3 heterocycles. The van der Waals surface area contributed by atoms with Crippen LogP contribution in [-0.4, -0.2) is 26.1 Å². The fourth-order valence-corrected chi connectivity index (χ4v) is 5.55. The summed E-state index contributed by atoms with van der Waals surface area (Å²) in [5, 5.41) is 16.7. The summed E-state index contributed by atoms with van der Waals surface area (Å²) in [6, 6.07) is 21.7. The Morgan fingerprint density at radius 2 is 1.65 bits per heavy atom. The third kappa shape index (κ3) is 2.43. The van der Waals surface area contributed by atoms with E-state index >= 15 is 0 Å². The van der Waals surface area contributed by atoms with Gasteiger partial charge in [-0.3, -0.25) is 14.3 Å². The molecule has 0 bridgehead atoms. The summed E-state index contributed by atoms with van der Waals surface area (Å²) in [5.41, 5.74) is 2.24. The Balaban J connectivity index is 1.68. The number of rotatable bonds is 2.